The number of methoxy groups -OCH3 is 2. The highest BCUT2D eigenvalue weighted by Gasteiger charge is 2.31. The molecule has 0 bridgehead atoms. The zero-order valence-electron chi connectivity index (χ0n) is 14.0. The second kappa shape index (κ2) is 7.32. The molecule has 1 saturated heterocycles. The fourth-order valence-corrected chi connectivity index (χ4v) is 2.50. The minimum absolute atomic E-state index is 0.192. The van der Waals surface area contributed by atoms with Crippen LogP contribution in [0.4, 0.5) is 4.79 Å². The average Bonchev–Trinajstić information content (AvgIpc) is 2.99. The minimum Gasteiger partial charge on any atom is -0.493 e. The van der Waals surface area contributed by atoms with Crippen molar-refractivity contribution in [3.8, 4) is 11.5 Å². The van der Waals surface area contributed by atoms with Gasteiger partial charge in [-0.25, -0.2) is 4.79 Å². The lowest BCUT2D eigenvalue weighted by molar-refractivity contribution is -0.132. The van der Waals surface area contributed by atoms with Gasteiger partial charge in [-0.3, -0.25) is 14.6 Å². The second-order valence-electron chi connectivity index (χ2n) is 5.50. The zero-order chi connectivity index (χ0) is 17.0. The number of nitrogens with zero attached hydrogens (tertiary/aromatic N) is 2. The van der Waals surface area contributed by atoms with Crippen molar-refractivity contribution in [2.45, 2.75) is 19.5 Å². The van der Waals surface area contributed by atoms with Crippen molar-refractivity contribution >= 4 is 11.9 Å². The number of hydrogen-bond donors (Lipinski definition) is 1. The van der Waals surface area contributed by atoms with Gasteiger partial charge in [-0.1, -0.05) is 6.07 Å². The zero-order valence-corrected chi connectivity index (χ0v) is 14.0. The molecule has 23 heavy (non-hydrogen) atoms. The van der Waals surface area contributed by atoms with Gasteiger partial charge in [-0.05, 0) is 31.7 Å². The van der Waals surface area contributed by atoms with Gasteiger partial charge in [0.05, 0.1) is 20.3 Å². The third-order valence-corrected chi connectivity index (χ3v) is 4.02. The molecule has 1 heterocycles. The van der Waals surface area contributed by atoms with Gasteiger partial charge in [0, 0.05) is 19.6 Å². The molecule has 0 aromatic heterocycles. The highest BCUT2D eigenvalue weighted by Crippen LogP contribution is 2.28. The maximum absolute atomic E-state index is 12.4. The van der Waals surface area contributed by atoms with Crippen LogP contribution in [-0.2, 0) is 11.3 Å². The summed E-state index contributed by atoms with van der Waals surface area (Å²) >= 11 is 0. The summed E-state index contributed by atoms with van der Waals surface area (Å²) in [6.07, 6.45) is 0. The Morgan fingerprint density at radius 1 is 1.35 bits per heavy atom. The molecule has 1 aliphatic heterocycles. The van der Waals surface area contributed by atoms with Gasteiger partial charge in [0.2, 0.25) is 5.91 Å². The molecule has 1 N–H and O–H groups in total. The van der Waals surface area contributed by atoms with Crippen molar-refractivity contribution < 1.29 is 19.1 Å². The standard InChI is InChI=1S/C16H23N3O4/c1-11(15(20)19-8-7-17-16(19)21)18(2)10-12-5-6-13(22-3)14(9-12)23-4/h5-6,9,11H,7-8,10H2,1-4H3,(H,17,21)/t11-/m1/s1. The number of imide groups is 1. The Hall–Kier alpha value is -2.28. The third-order valence-electron chi connectivity index (χ3n) is 4.02. The predicted molar refractivity (Wildman–Crippen MR) is 85.6 cm³/mol. The lowest BCUT2D eigenvalue weighted by atomic mass is 10.1. The molecule has 0 saturated carbocycles. The molecule has 1 aromatic carbocycles. The predicted octanol–water partition coefficient (Wildman–Crippen LogP) is 1.08. The van der Waals surface area contributed by atoms with Crippen molar-refractivity contribution in [1.82, 2.24) is 15.1 Å². The lowest BCUT2D eigenvalue weighted by Crippen LogP contribution is -2.46. The van der Waals surface area contributed by atoms with Crippen LogP contribution >= 0.6 is 0 Å². The largest absolute Gasteiger partial charge is 0.493 e. The van der Waals surface area contributed by atoms with E-state index in [1.807, 2.05) is 30.1 Å². The first-order valence-electron chi connectivity index (χ1n) is 7.48. The summed E-state index contributed by atoms with van der Waals surface area (Å²) in [5, 5.41) is 2.64. The molecule has 1 aromatic rings. The molecule has 0 radical (unpaired) electrons. The van der Waals surface area contributed by atoms with E-state index in [1.54, 1.807) is 21.1 Å². The number of ether oxygens (including phenoxy) is 2. The molecule has 3 amide bonds. The summed E-state index contributed by atoms with van der Waals surface area (Å²) in [6, 6.07) is 4.93. The van der Waals surface area contributed by atoms with Crippen LogP contribution in [0.3, 0.4) is 0 Å². The molecular formula is C16H23N3O4. The quantitative estimate of drug-likeness (QED) is 0.849. The minimum atomic E-state index is -0.396. The number of nitrogens with one attached hydrogen (secondary N) is 1. The Morgan fingerprint density at radius 3 is 2.61 bits per heavy atom. The number of rotatable bonds is 6. The van der Waals surface area contributed by atoms with E-state index >= 15 is 0 Å². The van der Waals surface area contributed by atoms with E-state index in [0.29, 0.717) is 31.1 Å². The third kappa shape index (κ3) is 3.73. The Balaban J connectivity index is 2.04. The molecule has 0 spiro atoms. The monoisotopic (exact) mass is 321 g/mol. The molecule has 1 atom stereocenters. The smallest absolute Gasteiger partial charge is 0.324 e. The topological polar surface area (TPSA) is 71.1 Å². The van der Waals surface area contributed by atoms with Gasteiger partial charge in [0.1, 0.15) is 0 Å². The fraction of sp³-hybridized carbons (Fsp3) is 0.500. The first kappa shape index (κ1) is 17.1. The molecule has 2 rings (SSSR count). The van der Waals surface area contributed by atoms with Crippen LogP contribution in [0.1, 0.15) is 12.5 Å². The molecular weight excluding hydrogens is 298 g/mol. The number of carbonyl (C=O) groups is 2. The number of benzene rings is 1. The van der Waals surface area contributed by atoms with E-state index in [1.165, 1.54) is 4.90 Å². The van der Waals surface area contributed by atoms with Crippen molar-refractivity contribution in [1.29, 1.82) is 0 Å². The molecule has 1 aliphatic rings. The van der Waals surface area contributed by atoms with Crippen LogP contribution in [0.2, 0.25) is 0 Å². The van der Waals surface area contributed by atoms with Crippen LogP contribution in [0.5, 0.6) is 11.5 Å². The first-order valence-corrected chi connectivity index (χ1v) is 7.48. The van der Waals surface area contributed by atoms with Crippen LogP contribution in [0.15, 0.2) is 18.2 Å². The van der Waals surface area contributed by atoms with Crippen LogP contribution in [-0.4, -0.2) is 62.1 Å². The van der Waals surface area contributed by atoms with E-state index in [9.17, 15) is 9.59 Å². The number of likely N-dealkylation sites (N-methyl/N-ethyl adjacent to an activating group) is 1. The summed E-state index contributed by atoms with van der Waals surface area (Å²) < 4.78 is 10.5. The first-order chi connectivity index (χ1) is 11.0. The highest BCUT2D eigenvalue weighted by atomic mass is 16.5. The Morgan fingerprint density at radius 2 is 2.04 bits per heavy atom. The van der Waals surface area contributed by atoms with Crippen molar-refractivity contribution in [2.75, 3.05) is 34.4 Å². The van der Waals surface area contributed by atoms with Crippen LogP contribution in [0, 0.1) is 0 Å². The molecule has 7 nitrogen and oxygen atoms in total. The summed E-state index contributed by atoms with van der Waals surface area (Å²) in [4.78, 5) is 27.1. The number of carbonyl (C=O) groups excluding carboxylic acids is 2. The summed E-state index contributed by atoms with van der Waals surface area (Å²) in [5.41, 5.74) is 0.996. The van der Waals surface area contributed by atoms with E-state index in [-0.39, 0.29) is 11.9 Å². The molecule has 7 heteroatoms. The SMILES string of the molecule is COc1ccc(CN(C)[C@H](C)C(=O)N2CCNC2=O)cc1OC. The highest BCUT2D eigenvalue weighted by molar-refractivity contribution is 5.98. The number of hydrogen-bond acceptors (Lipinski definition) is 5. The van der Waals surface area contributed by atoms with Gasteiger partial charge < -0.3 is 14.8 Å². The van der Waals surface area contributed by atoms with E-state index in [4.69, 9.17) is 9.47 Å². The normalized spacial score (nSPS) is 15.5. The molecule has 0 aliphatic carbocycles. The van der Waals surface area contributed by atoms with Crippen LogP contribution < -0.4 is 14.8 Å². The van der Waals surface area contributed by atoms with Gasteiger partial charge in [-0.15, -0.1) is 0 Å². The summed E-state index contributed by atoms with van der Waals surface area (Å²) in [7, 11) is 5.03. The maximum atomic E-state index is 12.4. The van der Waals surface area contributed by atoms with Gasteiger partial charge >= 0.3 is 6.03 Å². The van der Waals surface area contributed by atoms with Crippen molar-refractivity contribution in [3.63, 3.8) is 0 Å². The van der Waals surface area contributed by atoms with Gasteiger partial charge in [0.15, 0.2) is 11.5 Å². The Labute approximate surface area is 136 Å². The van der Waals surface area contributed by atoms with E-state index < -0.39 is 6.04 Å². The van der Waals surface area contributed by atoms with E-state index in [2.05, 4.69) is 5.32 Å². The molecule has 0 unspecified atom stereocenters. The van der Waals surface area contributed by atoms with Gasteiger partial charge in [-0.2, -0.15) is 0 Å². The van der Waals surface area contributed by atoms with E-state index in [0.717, 1.165) is 5.56 Å². The summed E-state index contributed by atoms with van der Waals surface area (Å²) in [6.45, 7) is 3.29. The Kier molecular flexibility index (Phi) is 5.44. The number of amides is 3. The van der Waals surface area contributed by atoms with Crippen molar-refractivity contribution in [2.24, 2.45) is 0 Å². The van der Waals surface area contributed by atoms with Gasteiger partial charge in [0.25, 0.3) is 0 Å². The maximum Gasteiger partial charge on any atom is 0.324 e. The van der Waals surface area contributed by atoms with Crippen LogP contribution in [0.25, 0.3) is 0 Å². The second-order valence-corrected chi connectivity index (χ2v) is 5.50. The lowest BCUT2D eigenvalue weighted by Gasteiger charge is -2.26. The fourth-order valence-electron chi connectivity index (χ4n) is 2.50. The number of urea groups is 1. The van der Waals surface area contributed by atoms with Crippen molar-refractivity contribution in [3.05, 3.63) is 23.8 Å². The summed E-state index contributed by atoms with van der Waals surface area (Å²) in [5.74, 6) is 1.12. The Bertz CT molecular complexity index is 591. The average molecular weight is 321 g/mol. The molecule has 126 valence electrons. The molecule has 1 fully saturated rings.